The Labute approximate surface area is 128 Å². The van der Waals surface area contributed by atoms with Crippen molar-refractivity contribution in [3.8, 4) is 5.75 Å². The third kappa shape index (κ3) is 2.97. The van der Waals surface area contributed by atoms with Gasteiger partial charge < -0.3 is 4.74 Å². The molecule has 1 aliphatic carbocycles. The van der Waals surface area contributed by atoms with Gasteiger partial charge in [-0.15, -0.1) is 0 Å². The largest absolute Gasteiger partial charge is 0.497 e. The van der Waals surface area contributed by atoms with E-state index in [0.717, 1.165) is 5.75 Å². The van der Waals surface area contributed by atoms with Gasteiger partial charge in [0, 0.05) is 0 Å². The maximum absolute atomic E-state index is 5.23. The van der Waals surface area contributed by atoms with Gasteiger partial charge in [0.1, 0.15) is 5.75 Å². The molecule has 0 heterocycles. The van der Waals surface area contributed by atoms with Gasteiger partial charge in [0.15, 0.2) is 0 Å². The lowest BCUT2D eigenvalue weighted by molar-refractivity contribution is 0.414. The molecule has 0 bridgehead atoms. The zero-order chi connectivity index (χ0) is 15.0. The van der Waals surface area contributed by atoms with Crippen LogP contribution in [0.2, 0.25) is 0 Å². The van der Waals surface area contributed by atoms with Crippen LogP contribution in [0.25, 0.3) is 0 Å². The Bertz CT molecular complexity index is 602. The van der Waals surface area contributed by atoms with E-state index >= 15 is 0 Å². The monoisotopic (exact) mass is 280 g/mol. The van der Waals surface area contributed by atoms with Gasteiger partial charge in [-0.3, -0.25) is 0 Å². The van der Waals surface area contributed by atoms with Gasteiger partial charge in [-0.1, -0.05) is 57.2 Å². The van der Waals surface area contributed by atoms with E-state index in [1.165, 1.54) is 23.1 Å². The predicted molar refractivity (Wildman–Crippen MR) is 88.2 cm³/mol. The third-order valence-electron chi connectivity index (χ3n) is 4.54. The molecule has 0 saturated heterocycles. The average molecular weight is 280 g/mol. The molecule has 2 aromatic rings. The van der Waals surface area contributed by atoms with Gasteiger partial charge in [-0.25, -0.2) is 0 Å². The first kappa shape index (κ1) is 14.2. The Kier molecular flexibility index (Phi) is 3.52. The molecule has 1 heteroatoms. The molecule has 0 aromatic heterocycles. The van der Waals surface area contributed by atoms with Crippen molar-refractivity contribution >= 4 is 0 Å². The minimum atomic E-state index is 0.234. The summed E-state index contributed by atoms with van der Waals surface area (Å²) in [5, 5.41) is 0. The van der Waals surface area contributed by atoms with Crippen LogP contribution < -0.4 is 4.74 Å². The SMILES string of the molecule is COc1ccc([C@H]2C[C@H]2c2ccc(C(C)(C)C)cc2)cc1. The van der Waals surface area contributed by atoms with E-state index in [9.17, 15) is 0 Å². The van der Waals surface area contributed by atoms with Crippen molar-refractivity contribution in [2.24, 2.45) is 0 Å². The Morgan fingerprint density at radius 1 is 0.810 bits per heavy atom. The fourth-order valence-corrected chi connectivity index (χ4v) is 3.01. The van der Waals surface area contributed by atoms with Crippen molar-refractivity contribution in [3.05, 3.63) is 65.2 Å². The molecule has 0 spiro atoms. The lowest BCUT2D eigenvalue weighted by atomic mass is 9.86. The zero-order valence-electron chi connectivity index (χ0n) is 13.4. The molecule has 0 aliphatic heterocycles. The van der Waals surface area contributed by atoms with Crippen LogP contribution in [0.5, 0.6) is 5.75 Å². The lowest BCUT2D eigenvalue weighted by Crippen LogP contribution is -2.10. The molecule has 2 atom stereocenters. The van der Waals surface area contributed by atoms with Crippen LogP contribution >= 0.6 is 0 Å². The molecule has 1 nitrogen and oxygen atoms in total. The summed E-state index contributed by atoms with van der Waals surface area (Å²) in [6.45, 7) is 6.79. The van der Waals surface area contributed by atoms with E-state index in [2.05, 4.69) is 69.3 Å². The minimum absolute atomic E-state index is 0.234. The first-order valence-electron chi connectivity index (χ1n) is 7.73. The highest BCUT2D eigenvalue weighted by Crippen LogP contribution is 2.54. The fourth-order valence-electron chi connectivity index (χ4n) is 3.01. The molecule has 2 aromatic carbocycles. The highest BCUT2D eigenvalue weighted by molar-refractivity contribution is 5.40. The van der Waals surface area contributed by atoms with E-state index in [-0.39, 0.29) is 5.41 Å². The number of ether oxygens (including phenoxy) is 1. The zero-order valence-corrected chi connectivity index (χ0v) is 13.4. The number of hydrogen-bond donors (Lipinski definition) is 0. The second-order valence-electron chi connectivity index (χ2n) is 7.09. The van der Waals surface area contributed by atoms with Crippen molar-refractivity contribution in [1.29, 1.82) is 0 Å². The van der Waals surface area contributed by atoms with Crippen LogP contribution in [0.4, 0.5) is 0 Å². The maximum Gasteiger partial charge on any atom is 0.118 e. The molecule has 21 heavy (non-hydrogen) atoms. The lowest BCUT2D eigenvalue weighted by Gasteiger charge is -2.19. The second kappa shape index (κ2) is 5.22. The number of rotatable bonds is 3. The molecule has 0 radical (unpaired) electrons. The van der Waals surface area contributed by atoms with Crippen molar-refractivity contribution in [1.82, 2.24) is 0 Å². The minimum Gasteiger partial charge on any atom is -0.497 e. The quantitative estimate of drug-likeness (QED) is 0.744. The summed E-state index contributed by atoms with van der Waals surface area (Å²) < 4.78 is 5.23. The Morgan fingerprint density at radius 2 is 1.29 bits per heavy atom. The van der Waals surface area contributed by atoms with Gasteiger partial charge >= 0.3 is 0 Å². The molecule has 0 amide bonds. The van der Waals surface area contributed by atoms with Gasteiger partial charge in [-0.2, -0.15) is 0 Å². The van der Waals surface area contributed by atoms with Gasteiger partial charge in [0.2, 0.25) is 0 Å². The summed E-state index contributed by atoms with van der Waals surface area (Å²) in [7, 11) is 1.71. The van der Waals surface area contributed by atoms with Crippen LogP contribution in [0.15, 0.2) is 48.5 Å². The van der Waals surface area contributed by atoms with Crippen LogP contribution in [-0.2, 0) is 5.41 Å². The molecule has 1 saturated carbocycles. The summed E-state index contributed by atoms with van der Waals surface area (Å²) in [5.74, 6) is 2.30. The summed E-state index contributed by atoms with van der Waals surface area (Å²) in [4.78, 5) is 0. The van der Waals surface area contributed by atoms with Crippen LogP contribution in [-0.4, -0.2) is 7.11 Å². The van der Waals surface area contributed by atoms with Crippen molar-refractivity contribution in [3.63, 3.8) is 0 Å². The topological polar surface area (TPSA) is 9.23 Å². The van der Waals surface area contributed by atoms with Crippen LogP contribution in [0.1, 0.15) is 55.7 Å². The summed E-state index contributed by atoms with van der Waals surface area (Å²) in [6.07, 6.45) is 1.27. The molecule has 110 valence electrons. The Morgan fingerprint density at radius 3 is 1.71 bits per heavy atom. The Hall–Kier alpha value is -1.76. The van der Waals surface area contributed by atoms with Crippen molar-refractivity contribution < 1.29 is 4.74 Å². The molecular weight excluding hydrogens is 256 g/mol. The highest BCUT2D eigenvalue weighted by atomic mass is 16.5. The van der Waals surface area contributed by atoms with Crippen molar-refractivity contribution in [2.45, 2.75) is 44.4 Å². The first-order chi connectivity index (χ1) is 9.99. The smallest absolute Gasteiger partial charge is 0.118 e. The Balaban J connectivity index is 1.72. The molecule has 3 rings (SSSR count). The first-order valence-corrected chi connectivity index (χ1v) is 7.73. The van der Waals surface area contributed by atoms with Gasteiger partial charge in [0.05, 0.1) is 7.11 Å². The fraction of sp³-hybridized carbons (Fsp3) is 0.400. The third-order valence-corrected chi connectivity index (χ3v) is 4.54. The summed E-state index contributed by atoms with van der Waals surface area (Å²) >= 11 is 0. The van der Waals surface area contributed by atoms with Crippen LogP contribution in [0, 0.1) is 0 Å². The molecule has 0 N–H and O–H groups in total. The van der Waals surface area contributed by atoms with E-state index in [4.69, 9.17) is 4.74 Å². The maximum atomic E-state index is 5.23. The highest BCUT2D eigenvalue weighted by Gasteiger charge is 2.39. The number of hydrogen-bond acceptors (Lipinski definition) is 1. The van der Waals surface area contributed by atoms with Gasteiger partial charge in [0.25, 0.3) is 0 Å². The molecule has 0 unspecified atom stereocenters. The summed E-state index contributed by atoms with van der Waals surface area (Å²) in [6, 6.07) is 17.7. The van der Waals surface area contributed by atoms with E-state index < -0.39 is 0 Å². The molecule has 1 fully saturated rings. The standard InChI is InChI=1S/C20H24O/c1-20(2,3)16-9-5-14(6-10-16)18-13-19(18)15-7-11-17(21-4)12-8-15/h5-12,18-19H,13H2,1-4H3/t18-,19+/m0/s1. The normalized spacial score (nSPS) is 21.1. The number of benzene rings is 2. The predicted octanol–water partition coefficient (Wildman–Crippen LogP) is 5.26. The van der Waals surface area contributed by atoms with E-state index in [1.54, 1.807) is 7.11 Å². The van der Waals surface area contributed by atoms with Crippen molar-refractivity contribution in [2.75, 3.05) is 7.11 Å². The van der Waals surface area contributed by atoms with E-state index in [0.29, 0.717) is 11.8 Å². The summed E-state index contributed by atoms with van der Waals surface area (Å²) in [5.41, 5.74) is 4.55. The molecule has 1 aliphatic rings. The van der Waals surface area contributed by atoms with Crippen LogP contribution in [0.3, 0.4) is 0 Å². The van der Waals surface area contributed by atoms with E-state index in [1.807, 2.05) is 0 Å². The van der Waals surface area contributed by atoms with Gasteiger partial charge in [-0.05, 0) is 52.5 Å². The average Bonchev–Trinajstić information content (AvgIpc) is 3.27. The second-order valence-corrected chi connectivity index (χ2v) is 7.09. The molecular formula is C20H24O. The number of methoxy groups -OCH3 is 1.